The zero-order chi connectivity index (χ0) is 10.0. The van der Waals surface area contributed by atoms with Gasteiger partial charge >= 0.3 is 0 Å². The van der Waals surface area contributed by atoms with Crippen LogP contribution >= 0.6 is 0 Å². The zero-order valence-electron chi connectivity index (χ0n) is 9.81. The summed E-state index contributed by atoms with van der Waals surface area (Å²) in [5.74, 6) is 0.889. The van der Waals surface area contributed by atoms with Gasteiger partial charge in [-0.1, -0.05) is 26.7 Å². The van der Waals surface area contributed by atoms with Crippen molar-refractivity contribution in [3.8, 4) is 0 Å². The van der Waals surface area contributed by atoms with Gasteiger partial charge in [-0.15, -0.1) is 0 Å². The van der Waals surface area contributed by atoms with E-state index in [-0.39, 0.29) is 0 Å². The van der Waals surface area contributed by atoms with Gasteiger partial charge in [-0.2, -0.15) is 0 Å². The van der Waals surface area contributed by atoms with Gasteiger partial charge in [0.2, 0.25) is 0 Å². The second kappa shape index (κ2) is 4.22. The first-order chi connectivity index (χ1) is 6.70. The molecule has 82 valence electrons. The van der Waals surface area contributed by atoms with Crippen LogP contribution in [0.1, 0.15) is 58.8 Å². The van der Waals surface area contributed by atoms with Crippen molar-refractivity contribution in [3.05, 3.63) is 0 Å². The number of nitrogens with one attached hydrogen (secondary N) is 1. The van der Waals surface area contributed by atoms with Crippen LogP contribution in [0.5, 0.6) is 0 Å². The van der Waals surface area contributed by atoms with Crippen LogP contribution in [-0.2, 0) is 0 Å². The van der Waals surface area contributed by atoms with Gasteiger partial charge in [-0.25, -0.2) is 0 Å². The second-order valence-corrected chi connectivity index (χ2v) is 5.90. The molecule has 2 atom stereocenters. The van der Waals surface area contributed by atoms with Gasteiger partial charge in [0.25, 0.3) is 0 Å². The lowest BCUT2D eigenvalue weighted by molar-refractivity contribution is 0.227. The van der Waals surface area contributed by atoms with Crippen LogP contribution in [-0.4, -0.2) is 12.6 Å². The molecule has 0 bridgehead atoms. The highest BCUT2D eigenvalue weighted by Crippen LogP contribution is 2.43. The maximum atomic E-state index is 3.65. The lowest BCUT2D eigenvalue weighted by atomic mass is 9.77. The Labute approximate surface area is 88.7 Å². The lowest BCUT2D eigenvalue weighted by Gasteiger charge is -2.30. The Morgan fingerprint density at radius 2 is 2.00 bits per heavy atom. The minimum Gasteiger partial charge on any atom is -0.314 e. The van der Waals surface area contributed by atoms with E-state index in [0.717, 1.165) is 12.0 Å². The highest BCUT2D eigenvalue weighted by Gasteiger charge is 2.33. The first kappa shape index (κ1) is 10.5. The van der Waals surface area contributed by atoms with E-state index in [9.17, 15) is 0 Å². The molecule has 1 saturated carbocycles. The summed E-state index contributed by atoms with van der Waals surface area (Å²) in [6.45, 7) is 6.21. The van der Waals surface area contributed by atoms with E-state index in [1.54, 1.807) is 0 Å². The van der Waals surface area contributed by atoms with Gasteiger partial charge in [-0.3, -0.25) is 0 Å². The highest BCUT2D eigenvalue weighted by molar-refractivity contribution is 4.87. The molecule has 0 amide bonds. The van der Waals surface area contributed by atoms with E-state index in [1.165, 1.54) is 51.5 Å². The Bertz CT molecular complexity index is 176. The third-order valence-electron chi connectivity index (χ3n) is 4.41. The fourth-order valence-electron chi connectivity index (χ4n) is 3.55. The van der Waals surface area contributed by atoms with Crippen LogP contribution < -0.4 is 5.32 Å². The van der Waals surface area contributed by atoms with Gasteiger partial charge in [0, 0.05) is 6.04 Å². The molecule has 1 N–H and O–H groups in total. The quantitative estimate of drug-likeness (QED) is 0.728. The Balaban J connectivity index is 1.83. The molecule has 14 heavy (non-hydrogen) atoms. The predicted octanol–water partition coefficient (Wildman–Crippen LogP) is 3.34. The maximum absolute atomic E-state index is 3.65. The van der Waals surface area contributed by atoms with Gasteiger partial charge < -0.3 is 5.32 Å². The molecule has 0 radical (unpaired) electrons. The van der Waals surface area contributed by atoms with Crippen LogP contribution in [0.3, 0.4) is 0 Å². The van der Waals surface area contributed by atoms with Gasteiger partial charge in [0.15, 0.2) is 0 Å². The van der Waals surface area contributed by atoms with E-state index >= 15 is 0 Å². The molecule has 1 saturated heterocycles. The normalized spacial score (nSPS) is 33.4. The molecule has 1 heterocycles. The molecular weight excluding hydrogens is 170 g/mol. The average molecular weight is 195 g/mol. The summed E-state index contributed by atoms with van der Waals surface area (Å²) >= 11 is 0. The molecular formula is C13H25N. The van der Waals surface area contributed by atoms with Crippen LogP contribution in [0, 0.1) is 11.3 Å². The second-order valence-electron chi connectivity index (χ2n) is 5.90. The molecule has 2 rings (SSSR count). The first-order valence-electron chi connectivity index (χ1n) is 6.43. The van der Waals surface area contributed by atoms with Crippen molar-refractivity contribution in [3.63, 3.8) is 0 Å². The largest absolute Gasteiger partial charge is 0.314 e. The molecule has 1 aliphatic carbocycles. The van der Waals surface area contributed by atoms with Gasteiger partial charge in [-0.05, 0) is 50.0 Å². The minimum atomic E-state index is 0.684. The van der Waals surface area contributed by atoms with Crippen LogP contribution in [0.25, 0.3) is 0 Å². The molecule has 2 unspecified atom stereocenters. The average Bonchev–Trinajstić information content (AvgIpc) is 2.74. The SMILES string of the molecule is CC(CC1(C)CCCC1)C1CCCN1. The number of rotatable bonds is 3. The maximum Gasteiger partial charge on any atom is 0.00933 e. The van der Waals surface area contributed by atoms with E-state index in [0.29, 0.717) is 5.41 Å². The zero-order valence-corrected chi connectivity index (χ0v) is 9.81. The third-order valence-corrected chi connectivity index (χ3v) is 4.41. The summed E-state index contributed by atoms with van der Waals surface area (Å²) in [5.41, 5.74) is 0.684. The standard InChI is InChI=1S/C13H25N/c1-11(12-6-5-9-14-12)10-13(2)7-3-4-8-13/h11-12,14H,3-10H2,1-2H3. The minimum absolute atomic E-state index is 0.684. The predicted molar refractivity (Wildman–Crippen MR) is 61.4 cm³/mol. The van der Waals surface area contributed by atoms with Crippen LogP contribution in [0.4, 0.5) is 0 Å². The summed E-state index contributed by atoms with van der Waals surface area (Å²) in [7, 11) is 0. The Kier molecular flexibility index (Phi) is 3.16. The summed E-state index contributed by atoms with van der Waals surface area (Å²) in [6.07, 6.45) is 10.2. The van der Waals surface area contributed by atoms with Crippen molar-refractivity contribution < 1.29 is 0 Å². The van der Waals surface area contributed by atoms with Crippen molar-refractivity contribution in [2.75, 3.05) is 6.54 Å². The Hall–Kier alpha value is -0.0400. The molecule has 1 nitrogen and oxygen atoms in total. The fraction of sp³-hybridized carbons (Fsp3) is 1.00. The summed E-state index contributed by atoms with van der Waals surface area (Å²) in [5, 5.41) is 3.65. The van der Waals surface area contributed by atoms with E-state index in [2.05, 4.69) is 19.2 Å². The first-order valence-corrected chi connectivity index (χ1v) is 6.43. The van der Waals surface area contributed by atoms with Crippen molar-refractivity contribution in [2.24, 2.45) is 11.3 Å². The number of hydrogen-bond acceptors (Lipinski definition) is 1. The molecule has 2 aliphatic rings. The van der Waals surface area contributed by atoms with Crippen LogP contribution in [0.2, 0.25) is 0 Å². The molecule has 0 aromatic rings. The van der Waals surface area contributed by atoms with Crippen molar-refractivity contribution in [1.29, 1.82) is 0 Å². The van der Waals surface area contributed by atoms with Gasteiger partial charge in [0.1, 0.15) is 0 Å². The molecule has 1 heteroatoms. The molecule has 0 aromatic carbocycles. The lowest BCUT2D eigenvalue weighted by Crippen LogP contribution is -2.31. The summed E-state index contributed by atoms with van der Waals surface area (Å²) < 4.78 is 0. The van der Waals surface area contributed by atoms with Gasteiger partial charge in [0.05, 0.1) is 0 Å². The molecule has 2 fully saturated rings. The third kappa shape index (κ3) is 2.31. The molecule has 0 aromatic heterocycles. The Morgan fingerprint density at radius 1 is 1.29 bits per heavy atom. The topological polar surface area (TPSA) is 12.0 Å². The molecule has 1 aliphatic heterocycles. The van der Waals surface area contributed by atoms with E-state index < -0.39 is 0 Å². The monoisotopic (exact) mass is 195 g/mol. The smallest absolute Gasteiger partial charge is 0.00933 e. The summed E-state index contributed by atoms with van der Waals surface area (Å²) in [4.78, 5) is 0. The number of hydrogen-bond donors (Lipinski definition) is 1. The highest BCUT2D eigenvalue weighted by atomic mass is 14.9. The fourth-order valence-corrected chi connectivity index (χ4v) is 3.55. The van der Waals surface area contributed by atoms with E-state index in [4.69, 9.17) is 0 Å². The molecule has 0 spiro atoms. The van der Waals surface area contributed by atoms with Crippen molar-refractivity contribution in [1.82, 2.24) is 5.32 Å². The van der Waals surface area contributed by atoms with E-state index in [1.807, 2.05) is 0 Å². The van der Waals surface area contributed by atoms with Crippen LogP contribution in [0.15, 0.2) is 0 Å². The Morgan fingerprint density at radius 3 is 2.57 bits per heavy atom. The summed E-state index contributed by atoms with van der Waals surface area (Å²) in [6, 6.07) is 0.826. The van der Waals surface area contributed by atoms with Crippen molar-refractivity contribution in [2.45, 2.75) is 64.8 Å². The van der Waals surface area contributed by atoms with Crippen molar-refractivity contribution >= 4 is 0 Å².